The molecule has 1 aliphatic heterocycles. The van der Waals surface area contributed by atoms with E-state index in [4.69, 9.17) is 38.2 Å². The molecule has 0 spiro atoms. The van der Waals surface area contributed by atoms with E-state index < -0.39 is 25.1 Å². The molecule has 1 amide bonds. The van der Waals surface area contributed by atoms with E-state index in [2.05, 4.69) is 30.9 Å². The number of nitrogens with one attached hydrogen (secondary N) is 2. The van der Waals surface area contributed by atoms with Crippen LogP contribution in [0.1, 0.15) is 19.4 Å². The summed E-state index contributed by atoms with van der Waals surface area (Å²) in [6.07, 6.45) is 1.02. The summed E-state index contributed by atoms with van der Waals surface area (Å²) in [5, 5.41) is 9.83. The molecule has 41 heavy (non-hydrogen) atoms. The van der Waals surface area contributed by atoms with Gasteiger partial charge >= 0.3 is 37.4 Å². The van der Waals surface area contributed by atoms with Gasteiger partial charge in [-0.15, -0.1) is 0 Å². The summed E-state index contributed by atoms with van der Waals surface area (Å²) in [5.74, 6) is 0.811. The molecule has 0 bridgehead atoms. The van der Waals surface area contributed by atoms with E-state index in [9.17, 15) is 9.18 Å². The Labute approximate surface area is 256 Å². The minimum absolute atomic E-state index is 0. The summed E-state index contributed by atoms with van der Waals surface area (Å²) in [6, 6.07) is 5.00. The van der Waals surface area contributed by atoms with Crippen LogP contribution in [0, 0.1) is 12.7 Å². The van der Waals surface area contributed by atoms with E-state index in [-0.39, 0.29) is 53.0 Å². The maximum Gasteiger partial charge on any atom is 1.00 e. The number of hydrogen-bond donors (Lipinski definition) is 5. The Morgan fingerprint density at radius 3 is 2.12 bits per heavy atom. The van der Waals surface area contributed by atoms with E-state index >= 15 is 0 Å². The van der Waals surface area contributed by atoms with Gasteiger partial charge in [0.1, 0.15) is 5.75 Å². The zero-order chi connectivity index (χ0) is 29.8. The molecule has 18 heteroatoms. The van der Waals surface area contributed by atoms with Crippen LogP contribution in [0.25, 0.3) is 5.32 Å². The summed E-state index contributed by atoms with van der Waals surface area (Å²) < 4.78 is 45.2. The molecular weight excluding hydrogens is 577 g/mol. The molecule has 0 saturated carbocycles. The summed E-state index contributed by atoms with van der Waals surface area (Å²) in [5.41, 5.74) is 0.0841. The third-order valence-corrected chi connectivity index (χ3v) is 5.15. The number of pyridine rings is 1. The van der Waals surface area contributed by atoms with Crippen molar-refractivity contribution in [1.29, 1.82) is 0 Å². The molecule has 3 aromatic rings. The maximum absolute atomic E-state index is 14.6. The number of anilines is 4. The second-order valence-electron chi connectivity index (χ2n) is 8.57. The molecule has 5 N–H and O–H groups in total. The van der Waals surface area contributed by atoms with E-state index in [1.165, 1.54) is 21.3 Å². The van der Waals surface area contributed by atoms with Crippen molar-refractivity contribution in [3.8, 4) is 23.0 Å². The topological polar surface area (TPSA) is 209 Å². The molecule has 1 aromatic carbocycles. The molecule has 2 aromatic heterocycles. The molecule has 15 nitrogen and oxygen atoms in total. The van der Waals surface area contributed by atoms with Crippen LogP contribution in [-0.2, 0) is 9.36 Å². The molecule has 0 radical (unpaired) electrons. The molecule has 4 rings (SSSR count). The van der Waals surface area contributed by atoms with E-state index in [1.54, 1.807) is 39.0 Å². The SMILES string of the molecule is COc1cc(Nc2ncc(F)c(Nc3nc4c(cc3C)OC(C)(C)C(=O)[N-]4)n2)cc(OC)c1OC.O=P(O)(O)O.[Na+]. The number of nitrogens with zero attached hydrogens (tertiary/aromatic N) is 4. The fourth-order valence-corrected chi connectivity index (χ4v) is 3.32. The van der Waals surface area contributed by atoms with Crippen LogP contribution in [0.2, 0.25) is 0 Å². The predicted octanol–water partition coefficient (Wildman–Crippen LogP) is 0.610. The van der Waals surface area contributed by atoms with Gasteiger partial charge in [0.05, 0.1) is 27.5 Å². The van der Waals surface area contributed by atoms with Gasteiger partial charge in [0.2, 0.25) is 11.7 Å². The fourth-order valence-electron chi connectivity index (χ4n) is 3.32. The van der Waals surface area contributed by atoms with Crippen molar-refractivity contribution in [2.75, 3.05) is 32.0 Å². The average molecular weight is 604 g/mol. The van der Waals surface area contributed by atoms with Crippen LogP contribution >= 0.6 is 7.82 Å². The number of carbonyl (C=O) groups is 1. The predicted molar refractivity (Wildman–Crippen MR) is 141 cm³/mol. The van der Waals surface area contributed by atoms with Gasteiger partial charge in [0.15, 0.2) is 34.6 Å². The van der Waals surface area contributed by atoms with Crippen molar-refractivity contribution in [1.82, 2.24) is 15.0 Å². The number of halogens is 1. The van der Waals surface area contributed by atoms with Crippen molar-refractivity contribution in [3.05, 3.63) is 41.1 Å². The van der Waals surface area contributed by atoms with Crippen LogP contribution in [0.4, 0.5) is 33.5 Å². The zero-order valence-electron chi connectivity index (χ0n) is 23.2. The van der Waals surface area contributed by atoms with Crippen LogP contribution < -0.4 is 59.1 Å². The van der Waals surface area contributed by atoms with Gasteiger partial charge in [0.25, 0.3) is 0 Å². The first-order valence-corrected chi connectivity index (χ1v) is 12.8. The molecule has 0 aliphatic carbocycles. The van der Waals surface area contributed by atoms with Crippen molar-refractivity contribution in [2.45, 2.75) is 26.4 Å². The summed E-state index contributed by atoms with van der Waals surface area (Å²) in [7, 11) is -0.143. The minimum atomic E-state index is -4.64. The number of rotatable bonds is 7. The number of fused-ring (bicyclic) bond motifs is 1. The molecule has 1 aliphatic rings. The maximum atomic E-state index is 14.6. The Morgan fingerprint density at radius 1 is 1.00 bits per heavy atom. The third-order valence-electron chi connectivity index (χ3n) is 5.15. The normalized spacial score (nSPS) is 13.2. The van der Waals surface area contributed by atoms with Crippen molar-refractivity contribution in [3.63, 3.8) is 0 Å². The zero-order valence-corrected chi connectivity index (χ0v) is 26.1. The largest absolute Gasteiger partial charge is 1.00 e. The first kappa shape index (κ1) is 34.0. The van der Waals surface area contributed by atoms with E-state index in [0.717, 1.165) is 6.20 Å². The summed E-state index contributed by atoms with van der Waals surface area (Å²) in [4.78, 5) is 46.3. The fraction of sp³-hybridized carbons (Fsp3) is 0.304. The number of carbonyl (C=O) groups excluding carboxylic acids is 1. The van der Waals surface area contributed by atoms with Crippen LogP contribution in [0.5, 0.6) is 23.0 Å². The number of hydrogen-bond acceptors (Lipinski definition) is 11. The van der Waals surface area contributed by atoms with Gasteiger partial charge < -0.3 is 54.6 Å². The third kappa shape index (κ3) is 8.87. The number of methoxy groups -OCH3 is 3. The van der Waals surface area contributed by atoms with Gasteiger partial charge in [-0.2, -0.15) is 4.98 Å². The summed E-state index contributed by atoms with van der Waals surface area (Å²) >= 11 is 0. The molecular formula is C23H27FN6NaO9P. The summed E-state index contributed by atoms with van der Waals surface area (Å²) in [6.45, 7) is 5.01. The van der Waals surface area contributed by atoms with E-state index in [1.807, 2.05) is 0 Å². The Morgan fingerprint density at radius 2 is 1.59 bits per heavy atom. The molecule has 3 heterocycles. The van der Waals surface area contributed by atoms with Gasteiger partial charge in [-0.05, 0) is 38.2 Å². The minimum Gasteiger partial charge on any atom is -0.493 e. The van der Waals surface area contributed by atoms with Gasteiger partial charge in [-0.1, -0.05) is 0 Å². The molecule has 216 valence electrons. The van der Waals surface area contributed by atoms with Crippen molar-refractivity contribution >= 4 is 42.8 Å². The molecule has 0 unspecified atom stereocenters. The second-order valence-corrected chi connectivity index (χ2v) is 9.60. The quantitative estimate of drug-likeness (QED) is 0.185. The van der Waals surface area contributed by atoms with Gasteiger partial charge in [0, 0.05) is 23.6 Å². The Hall–Kier alpha value is -3.24. The van der Waals surface area contributed by atoms with E-state index in [0.29, 0.717) is 34.2 Å². The molecule has 0 atom stereocenters. The average Bonchev–Trinajstić information content (AvgIpc) is 2.86. The van der Waals surface area contributed by atoms with Crippen LogP contribution in [-0.4, -0.2) is 62.5 Å². The number of ether oxygens (including phenoxy) is 4. The van der Waals surface area contributed by atoms with Crippen LogP contribution in [0.15, 0.2) is 24.4 Å². The first-order valence-electron chi connectivity index (χ1n) is 11.3. The molecule has 0 fully saturated rings. The second kappa shape index (κ2) is 13.6. The number of benzene rings is 1. The number of aromatic nitrogens is 3. The Balaban J connectivity index is 0.000000902. The number of aryl methyl sites for hydroxylation is 1. The number of amides is 1. The van der Waals surface area contributed by atoms with Crippen molar-refractivity contribution < 1.29 is 76.9 Å². The van der Waals surface area contributed by atoms with Gasteiger partial charge in [-0.3, -0.25) is 4.79 Å². The first-order chi connectivity index (χ1) is 18.6. The monoisotopic (exact) mass is 604 g/mol. The molecule has 0 saturated heterocycles. The smallest absolute Gasteiger partial charge is 0.493 e. The van der Waals surface area contributed by atoms with Gasteiger partial charge in [-0.25, -0.2) is 13.9 Å². The van der Waals surface area contributed by atoms with Crippen LogP contribution in [0.3, 0.4) is 0 Å². The Kier molecular flexibility index (Phi) is 11.3. The number of phosphoric acid groups is 1. The Bertz CT molecular complexity index is 1440. The van der Waals surface area contributed by atoms with Crippen molar-refractivity contribution in [2.24, 2.45) is 0 Å². The standard InChI is InChI=1S/C23H25FN6O5.Na.H3O4P/c1-11-7-16-20(29-21(31)23(2,3)35-16)28-18(11)27-19-13(24)10-25-22(30-19)26-12-8-14(32-4)17(34-6)15(9-12)33-5;;1-5(2,3)4/h7-10H,1-6H3,(H3,25,26,27,28,29,30,31);;(H3,1,2,3,4)/q;+1;/p-1.